The maximum atomic E-state index is 11.9. The largest absolute Gasteiger partial charge is 0.348 e. The number of pyridine rings is 1. The standard InChI is InChI=1S/C14H13ClN2O/c15-8-11-3-5-13(6-4-11)14(18)17-10-12-2-1-7-16-9-12/h1-7,9H,8,10H2,(H,17,18). The van der Waals surface area contributed by atoms with Crippen molar-refractivity contribution in [2.45, 2.75) is 12.4 Å². The van der Waals surface area contributed by atoms with Gasteiger partial charge >= 0.3 is 0 Å². The Kier molecular flexibility index (Phi) is 4.31. The van der Waals surface area contributed by atoms with Crippen LogP contribution in [0.1, 0.15) is 21.5 Å². The van der Waals surface area contributed by atoms with Crippen molar-refractivity contribution in [1.82, 2.24) is 10.3 Å². The first-order valence-corrected chi connectivity index (χ1v) is 6.15. The van der Waals surface area contributed by atoms with E-state index in [1.165, 1.54) is 0 Å². The average molecular weight is 261 g/mol. The lowest BCUT2D eigenvalue weighted by atomic mass is 10.1. The SMILES string of the molecule is O=C(NCc1cccnc1)c1ccc(CCl)cc1. The molecule has 0 aliphatic rings. The molecule has 1 aromatic carbocycles. The molecule has 0 aliphatic carbocycles. The minimum absolute atomic E-state index is 0.0972. The summed E-state index contributed by atoms with van der Waals surface area (Å²) in [5.74, 6) is 0.359. The fraction of sp³-hybridized carbons (Fsp3) is 0.143. The van der Waals surface area contributed by atoms with Crippen molar-refractivity contribution in [1.29, 1.82) is 0 Å². The van der Waals surface area contributed by atoms with Gasteiger partial charge in [-0.05, 0) is 29.3 Å². The van der Waals surface area contributed by atoms with E-state index in [4.69, 9.17) is 11.6 Å². The number of aromatic nitrogens is 1. The molecule has 1 amide bonds. The molecule has 0 fully saturated rings. The van der Waals surface area contributed by atoms with Gasteiger partial charge in [-0.15, -0.1) is 11.6 Å². The zero-order valence-electron chi connectivity index (χ0n) is 9.77. The number of carbonyl (C=O) groups is 1. The molecule has 0 bridgehead atoms. The molecule has 1 heterocycles. The van der Waals surface area contributed by atoms with Crippen LogP contribution in [0.3, 0.4) is 0 Å². The summed E-state index contributed by atoms with van der Waals surface area (Å²) in [6, 6.07) is 11.0. The van der Waals surface area contributed by atoms with Gasteiger partial charge in [0.1, 0.15) is 0 Å². The summed E-state index contributed by atoms with van der Waals surface area (Å²) in [5.41, 5.74) is 2.61. The molecule has 0 atom stereocenters. The first-order valence-electron chi connectivity index (χ1n) is 5.61. The summed E-state index contributed by atoms with van der Waals surface area (Å²) < 4.78 is 0. The van der Waals surface area contributed by atoms with Crippen LogP contribution in [0.4, 0.5) is 0 Å². The van der Waals surface area contributed by atoms with E-state index in [1.54, 1.807) is 24.5 Å². The van der Waals surface area contributed by atoms with Gasteiger partial charge in [-0.3, -0.25) is 9.78 Å². The molecule has 0 unspecified atom stereocenters. The number of hydrogen-bond acceptors (Lipinski definition) is 2. The van der Waals surface area contributed by atoms with E-state index in [9.17, 15) is 4.79 Å². The second-order valence-corrected chi connectivity index (χ2v) is 4.14. The van der Waals surface area contributed by atoms with Gasteiger partial charge in [0.05, 0.1) is 0 Å². The molecule has 2 rings (SSSR count). The third-order valence-corrected chi connectivity index (χ3v) is 2.85. The second-order valence-electron chi connectivity index (χ2n) is 3.87. The van der Waals surface area contributed by atoms with E-state index in [0.29, 0.717) is 18.0 Å². The van der Waals surface area contributed by atoms with Crippen molar-refractivity contribution in [2.24, 2.45) is 0 Å². The molecule has 1 N–H and O–H groups in total. The van der Waals surface area contributed by atoms with Gasteiger partial charge in [0, 0.05) is 30.4 Å². The Morgan fingerprint density at radius 2 is 1.94 bits per heavy atom. The number of amides is 1. The van der Waals surface area contributed by atoms with Gasteiger partial charge < -0.3 is 5.32 Å². The van der Waals surface area contributed by atoms with Crippen molar-refractivity contribution >= 4 is 17.5 Å². The molecule has 4 heteroatoms. The molecule has 0 spiro atoms. The van der Waals surface area contributed by atoms with Crippen LogP contribution in [0.15, 0.2) is 48.8 Å². The lowest BCUT2D eigenvalue weighted by Crippen LogP contribution is -2.22. The molecule has 0 saturated carbocycles. The van der Waals surface area contributed by atoms with Crippen LogP contribution in [-0.2, 0) is 12.4 Å². The van der Waals surface area contributed by atoms with Crippen molar-refractivity contribution in [3.63, 3.8) is 0 Å². The van der Waals surface area contributed by atoms with Crippen LogP contribution >= 0.6 is 11.6 Å². The number of carbonyl (C=O) groups excluding carboxylic acids is 1. The molecule has 1 aromatic heterocycles. The monoisotopic (exact) mass is 260 g/mol. The number of alkyl halides is 1. The minimum atomic E-state index is -0.0972. The summed E-state index contributed by atoms with van der Waals surface area (Å²) >= 11 is 5.69. The normalized spacial score (nSPS) is 10.1. The molecule has 0 saturated heterocycles. The van der Waals surface area contributed by atoms with Crippen LogP contribution in [-0.4, -0.2) is 10.9 Å². The number of rotatable bonds is 4. The van der Waals surface area contributed by atoms with Crippen LogP contribution < -0.4 is 5.32 Å². The minimum Gasteiger partial charge on any atom is -0.348 e. The molecule has 0 aliphatic heterocycles. The van der Waals surface area contributed by atoms with E-state index >= 15 is 0 Å². The van der Waals surface area contributed by atoms with Gasteiger partial charge in [-0.25, -0.2) is 0 Å². The molecular formula is C14H13ClN2O. The first-order chi connectivity index (χ1) is 8.79. The smallest absolute Gasteiger partial charge is 0.251 e. The molecular weight excluding hydrogens is 248 g/mol. The number of hydrogen-bond donors (Lipinski definition) is 1. The fourth-order valence-electron chi connectivity index (χ4n) is 1.53. The topological polar surface area (TPSA) is 42.0 Å². The lowest BCUT2D eigenvalue weighted by Gasteiger charge is -2.05. The molecule has 0 radical (unpaired) electrons. The van der Waals surface area contributed by atoms with E-state index in [1.807, 2.05) is 24.3 Å². The van der Waals surface area contributed by atoms with E-state index < -0.39 is 0 Å². The van der Waals surface area contributed by atoms with Crippen LogP contribution in [0, 0.1) is 0 Å². The predicted molar refractivity (Wildman–Crippen MR) is 71.4 cm³/mol. The van der Waals surface area contributed by atoms with E-state index in [2.05, 4.69) is 10.3 Å². The van der Waals surface area contributed by atoms with Crippen molar-refractivity contribution < 1.29 is 4.79 Å². The summed E-state index contributed by atoms with van der Waals surface area (Å²) in [7, 11) is 0. The molecule has 92 valence electrons. The maximum absolute atomic E-state index is 11.9. The molecule has 2 aromatic rings. The number of nitrogens with one attached hydrogen (secondary N) is 1. The summed E-state index contributed by atoms with van der Waals surface area (Å²) in [5, 5.41) is 2.84. The number of nitrogens with zero attached hydrogens (tertiary/aromatic N) is 1. The van der Waals surface area contributed by atoms with Crippen LogP contribution in [0.5, 0.6) is 0 Å². The average Bonchev–Trinajstić information content (AvgIpc) is 2.46. The molecule has 18 heavy (non-hydrogen) atoms. The number of halogens is 1. The zero-order chi connectivity index (χ0) is 12.8. The van der Waals surface area contributed by atoms with Gasteiger partial charge in [0.2, 0.25) is 0 Å². The van der Waals surface area contributed by atoms with Crippen LogP contribution in [0.25, 0.3) is 0 Å². The van der Waals surface area contributed by atoms with Gasteiger partial charge in [0.15, 0.2) is 0 Å². The van der Waals surface area contributed by atoms with Crippen molar-refractivity contribution in [2.75, 3.05) is 0 Å². The third-order valence-electron chi connectivity index (χ3n) is 2.55. The highest BCUT2D eigenvalue weighted by Crippen LogP contribution is 2.07. The maximum Gasteiger partial charge on any atom is 0.251 e. The highest BCUT2D eigenvalue weighted by Gasteiger charge is 2.04. The zero-order valence-corrected chi connectivity index (χ0v) is 10.5. The first kappa shape index (κ1) is 12.6. The fourth-order valence-corrected chi connectivity index (χ4v) is 1.71. The highest BCUT2D eigenvalue weighted by molar-refractivity contribution is 6.17. The lowest BCUT2D eigenvalue weighted by molar-refractivity contribution is 0.0951. The Bertz CT molecular complexity index is 511. The van der Waals surface area contributed by atoms with E-state index in [-0.39, 0.29) is 5.91 Å². The molecule has 3 nitrogen and oxygen atoms in total. The van der Waals surface area contributed by atoms with Gasteiger partial charge in [0.25, 0.3) is 5.91 Å². The Hall–Kier alpha value is -1.87. The third kappa shape index (κ3) is 3.31. The Morgan fingerprint density at radius 3 is 2.56 bits per heavy atom. The second kappa shape index (κ2) is 6.17. The Morgan fingerprint density at radius 1 is 1.17 bits per heavy atom. The Balaban J connectivity index is 1.95. The summed E-state index contributed by atoms with van der Waals surface area (Å²) in [4.78, 5) is 15.8. The Labute approximate surface area is 111 Å². The predicted octanol–water partition coefficient (Wildman–Crippen LogP) is 2.75. The van der Waals surface area contributed by atoms with Crippen molar-refractivity contribution in [3.8, 4) is 0 Å². The van der Waals surface area contributed by atoms with Gasteiger partial charge in [-0.2, -0.15) is 0 Å². The quantitative estimate of drug-likeness (QED) is 0.859. The van der Waals surface area contributed by atoms with Crippen LogP contribution in [0.2, 0.25) is 0 Å². The highest BCUT2D eigenvalue weighted by atomic mass is 35.5. The van der Waals surface area contributed by atoms with Crippen molar-refractivity contribution in [3.05, 3.63) is 65.5 Å². The number of benzene rings is 1. The van der Waals surface area contributed by atoms with Gasteiger partial charge in [-0.1, -0.05) is 18.2 Å². The summed E-state index contributed by atoms with van der Waals surface area (Å²) in [6.07, 6.45) is 3.44. The van der Waals surface area contributed by atoms with E-state index in [0.717, 1.165) is 11.1 Å². The summed E-state index contributed by atoms with van der Waals surface area (Å²) in [6.45, 7) is 0.476.